The first kappa shape index (κ1) is 32.0. The molecular formula is C33H31F3N8O2S. The standard InChI is InChI=1S/C33H31F3N8O2S/c1-20-21(34)6-2-9-27(20)47-42-23-11-10-22(35)30(29(23)36)41-33-31-24(37-18-38-33)12-13-28(40-31)44-19-39-32-25(7-3-8-26(32)44)43(14-4-16-45)15-5-17-46/h2-3,6-13,18-19,42,45-46H,4-5,14-17H2,1H3,(H,37,38,41). The molecule has 47 heavy (non-hydrogen) atoms. The minimum Gasteiger partial charge on any atom is -0.396 e. The van der Waals surface area contributed by atoms with E-state index in [0.29, 0.717) is 53.2 Å². The summed E-state index contributed by atoms with van der Waals surface area (Å²) in [6, 6.07) is 16.2. The highest BCUT2D eigenvalue weighted by atomic mass is 32.2. The maximum atomic E-state index is 15.7. The molecular weight excluding hydrogens is 629 g/mol. The highest BCUT2D eigenvalue weighted by molar-refractivity contribution is 8.00. The van der Waals surface area contributed by atoms with Crippen LogP contribution in [-0.2, 0) is 0 Å². The molecule has 10 nitrogen and oxygen atoms in total. The first-order valence-electron chi connectivity index (χ1n) is 14.9. The highest BCUT2D eigenvalue weighted by Crippen LogP contribution is 2.34. The monoisotopic (exact) mass is 660 g/mol. The molecule has 0 bridgehead atoms. The zero-order valence-corrected chi connectivity index (χ0v) is 26.1. The van der Waals surface area contributed by atoms with Gasteiger partial charge < -0.3 is 25.2 Å². The zero-order valence-electron chi connectivity index (χ0n) is 25.3. The van der Waals surface area contributed by atoms with Crippen LogP contribution >= 0.6 is 11.9 Å². The third-order valence-corrected chi connectivity index (χ3v) is 8.59. The van der Waals surface area contributed by atoms with Gasteiger partial charge in [-0.25, -0.2) is 33.1 Å². The molecule has 6 aromatic rings. The molecule has 3 aromatic heterocycles. The average molecular weight is 661 g/mol. The Hall–Kier alpha value is -4.92. The van der Waals surface area contributed by atoms with E-state index in [-0.39, 0.29) is 36.1 Å². The zero-order chi connectivity index (χ0) is 32.9. The third kappa shape index (κ3) is 6.66. The van der Waals surface area contributed by atoms with Crippen molar-refractivity contribution in [3.05, 3.63) is 96.3 Å². The van der Waals surface area contributed by atoms with Crippen molar-refractivity contribution in [3.63, 3.8) is 0 Å². The number of nitrogens with zero attached hydrogens (tertiary/aromatic N) is 6. The van der Waals surface area contributed by atoms with Crippen LogP contribution in [0.3, 0.4) is 0 Å². The van der Waals surface area contributed by atoms with Crippen molar-refractivity contribution >= 4 is 56.9 Å². The van der Waals surface area contributed by atoms with E-state index in [0.717, 1.165) is 29.2 Å². The van der Waals surface area contributed by atoms with Gasteiger partial charge in [-0.15, -0.1) is 0 Å². The molecule has 3 aromatic carbocycles. The molecule has 0 fully saturated rings. The molecule has 0 aliphatic carbocycles. The van der Waals surface area contributed by atoms with E-state index in [1.54, 1.807) is 42.1 Å². The van der Waals surface area contributed by atoms with Gasteiger partial charge in [0.2, 0.25) is 0 Å². The summed E-state index contributed by atoms with van der Waals surface area (Å²) in [5.74, 6) is -1.56. The Morgan fingerprint density at radius 1 is 0.851 bits per heavy atom. The van der Waals surface area contributed by atoms with Gasteiger partial charge in [-0.3, -0.25) is 4.57 Å². The Morgan fingerprint density at radius 3 is 2.43 bits per heavy atom. The molecule has 6 rings (SSSR count). The van der Waals surface area contributed by atoms with Gasteiger partial charge in [-0.05, 0) is 80.2 Å². The van der Waals surface area contributed by atoms with Gasteiger partial charge in [0.25, 0.3) is 0 Å². The van der Waals surface area contributed by atoms with Crippen molar-refractivity contribution in [3.8, 4) is 5.82 Å². The highest BCUT2D eigenvalue weighted by Gasteiger charge is 2.19. The van der Waals surface area contributed by atoms with Crippen molar-refractivity contribution in [1.29, 1.82) is 0 Å². The summed E-state index contributed by atoms with van der Waals surface area (Å²) in [5, 5.41) is 21.6. The quantitative estimate of drug-likeness (QED) is 0.102. The van der Waals surface area contributed by atoms with Gasteiger partial charge in [0, 0.05) is 36.8 Å². The molecule has 0 amide bonds. The molecule has 0 saturated carbocycles. The first-order valence-corrected chi connectivity index (χ1v) is 15.7. The lowest BCUT2D eigenvalue weighted by molar-refractivity contribution is 0.282. The van der Waals surface area contributed by atoms with Gasteiger partial charge in [0.15, 0.2) is 11.6 Å². The van der Waals surface area contributed by atoms with E-state index in [1.807, 2.05) is 18.2 Å². The molecule has 0 radical (unpaired) electrons. The maximum Gasteiger partial charge on any atom is 0.173 e. The molecule has 0 saturated heterocycles. The van der Waals surface area contributed by atoms with Crippen LogP contribution in [0.2, 0.25) is 0 Å². The van der Waals surface area contributed by atoms with Crippen LogP contribution in [-0.4, -0.2) is 61.0 Å². The number of aliphatic hydroxyl groups excluding tert-OH is 2. The van der Waals surface area contributed by atoms with Crippen molar-refractivity contribution in [2.24, 2.45) is 0 Å². The third-order valence-electron chi connectivity index (χ3n) is 7.61. The summed E-state index contributed by atoms with van der Waals surface area (Å²) in [5.41, 5.74) is 3.01. The van der Waals surface area contributed by atoms with Gasteiger partial charge in [-0.2, -0.15) is 0 Å². The molecule has 0 unspecified atom stereocenters. The number of rotatable bonds is 13. The lowest BCUT2D eigenvalue weighted by Gasteiger charge is -2.24. The Balaban J connectivity index is 1.33. The van der Waals surface area contributed by atoms with Gasteiger partial charge in [0.1, 0.15) is 46.8 Å². The number of fused-ring (bicyclic) bond motifs is 2. The number of hydrogen-bond donors (Lipinski definition) is 4. The molecule has 3 heterocycles. The minimum atomic E-state index is -0.894. The van der Waals surface area contributed by atoms with Crippen LogP contribution in [0.4, 0.5) is 36.1 Å². The Bertz CT molecular complexity index is 2040. The number of aliphatic hydroxyl groups is 2. The molecule has 0 aliphatic rings. The van der Waals surface area contributed by atoms with E-state index in [4.69, 9.17) is 4.98 Å². The summed E-state index contributed by atoms with van der Waals surface area (Å²) in [6.07, 6.45) is 4.05. The molecule has 14 heteroatoms. The number of pyridine rings is 1. The molecule has 242 valence electrons. The molecule has 0 spiro atoms. The number of hydrogen-bond acceptors (Lipinski definition) is 10. The molecule has 0 atom stereocenters. The predicted octanol–water partition coefficient (Wildman–Crippen LogP) is 6.52. The van der Waals surface area contributed by atoms with Crippen LogP contribution in [0.1, 0.15) is 18.4 Å². The van der Waals surface area contributed by atoms with Crippen LogP contribution in [0.5, 0.6) is 0 Å². The van der Waals surface area contributed by atoms with E-state index in [2.05, 4.69) is 29.9 Å². The summed E-state index contributed by atoms with van der Waals surface area (Å²) in [4.78, 5) is 20.6. The predicted molar refractivity (Wildman–Crippen MR) is 178 cm³/mol. The molecule has 4 N–H and O–H groups in total. The van der Waals surface area contributed by atoms with Crippen molar-refractivity contribution in [2.45, 2.75) is 24.7 Å². The van der Waals surface area contributed by atoms with Crippen LogP contribution in [0.25, 0.3) is 27.9 Å². The fourth-order valence-corrected chi connectivity index (χ4v) is 5.94. The number of nitrogens with one attached hydrogen (secondary N) is 2. The van der Waals surface area contributed by atoms with Crippen LogP contribution in [0, 0.1) is 24.4 Å². The number of halogens is 3. The summed E-state index contributed by atoms with van der Waals surface area (Å²) in [7, 11) is 0. The van der Waals surface area contributed by atoms with Crippen molar-refractivity contribution in [2.75, 3.05) is 41.2 Å². The van der Waals surface area contributed by atoms with Gasteiger partial charge in [0.05, 0.1) is 22.4 Å². The fraction of sp³-hybridized carbons (Fsp3) is 0.212. The van der Waals surface area contributed by atoms with Crippen molar-refractivity contribution in [1.82, 2.24) is 24.5 Å². The second-order valence-corrected chi connectivity index (χ2v) is 11.5. The van der Waals surface area contributed by atoms with E-state index < -0.39 is 17.3 Å². The SMILES string of the molecule is Cc1c(F)cccc1SNc1ccc(F)c(Nc2ncnc3ccc(-n4cnc5c(N(CCCO)CCCO)cccc54)nc23)c1F. The number of benzene rings is 3. The van der Waals surface area contributed by atoms with E-state index in [9.17, 15) is 14.6 Å². The lowest BCUT2D eigenvalue weighted by atomic mass is 10.2. The lowest BCUT2D eigenvalue weighted by Crippen LogP contribution is -2.27. The van der Waals surface area contributed by atoms with Gasteiger partial charge in [-0.1, -0.05) is 12.1 Å². The summed E-state index contributed by atoms with van der Waals surface area (Å²) in [6.45, 7) is 2.89. The Labute approximate surface area is 272 Å². The van der Waals surface area contributed by atoms with Crippen LogP contribution in [0.15, 0.2) is 78.2 Å². The minimum absolute atomic E-state index is 0.0118. The van der Waals surface area contributed by atoms with Crippen molar-refractivity contribution < 1.29 is 23.4 Å². The topological polar surface area (TPSA) is 124 Å². The normalized spacial score (nSPS) is 11.4. The largest absolute Gasteiger partial charge is 0.396 e. The number of para-hydroxylation sites is 1. The smallest absolute Gasteiger partial charge is 0.173 e. The number of aromatic nitrogens is 5. The molecule has 0 aliphatic heterocycles. The number of imidazole rings is 1. The fourth-order valence-electron chi connectivity index (χ4n) is 5.17. The maximum absolute atomic E-state index is 15.7. The van der Waals surface area contributed by atoms with Crippen LogP contribution < -0.4 is 14.9 Å². The summed E-state index contributed by atoms with van der Waals surface area (Å²) < 4.78 is 49.3. The Kier molecular flexibility index (Phi) is 9.71. The number of anilines is 4. The van der Waals surface area contributed by atoms with E-state index >= 15 is 8.78 Å². The summed E-state index contributed by atoms with van der Waals surface area (Å²) >= 11 is 1.01. The van der Waals surface area contributed by atoms with Gasteiger partial charge >= 0.3 is 0 Å². The second kappa shape index (κ2) is 14.2. The average Bonchev–Trinajstić information content (AvgIpc) is 3.53. The second-order valence-electron chi connectivity index (χ2n) is 10.6. The van der Waals surface area contributed by atoms with E-state index in [1.165, 1.54) is 18.5 Å². The Morgan fingerprint density at radius 2 is 1.64 bits per heavy atom. The first-order chi connectivity index (χ1) is 22.9.